The minimum Gasteiger partial charge on any atom is -0.462 e. The molecule has 0 rings (SSSR count). The molecule has 0 aliphatic carbocycles. The van der Waals surface area contributed by atoms with E-state index >= 15 is 0 Å². The van der Waals surface area contributed by atoms with Crippen molar-refractivity contribution < 1.29 is 28.6 Å². The Kier molecular flexibility index (Phi) is 68.5. The standard InChI is InChI=1S/C75H142O6/c1-4-7-10-13-16-19-22-24-26-28-30-32-34-35-36-37-38-39-40-42-43-45-47-49-51-53-56-59-62-65-68-74(77)80-71-72(70-79-73(76)67-64-61-58-55-21-18-15-12-9-6-3)81-75(78)69-66-63-60-57-54-52-50-48-46-44-41-33-31-29-27-25-23-20-17-14-11-8-5-2/h12,15,29,31,72H,4-11,13-14,16-28,30,32-71H2,1-3H3/b15-12-,31-29-. The van der Waals surface area contributed by atoms with E-state index in [1.54, 1.807) is 0 Å². The molecule has 0 aliphatic heterocycles. The van der Waals surface area contributed by atoms with E-state index in [1.165, 1.54) is 308 Å². The summed E-state index contributed by atoms with van der Waals surface area (Å²) in [4.78, 5) is 38.3. The van der Waals surface area contributed by atoms with Gasteiger partial charge in [-0.3, -0.25) is 14.4 Å². The summed E-state index contributed by atoms with van der Waals surface area (Å²) in [6, 6.07) is 0. The summed E-state index contributed by atoms with van der Waals surface area (Å²) >= 11 is 0. The molecule has 0 fully saturated rings. The van der Waals surface area contributed by atoms with E-state index in [2.05, 4.69) is 45.1 Å². The van der Waals surface area contributed by atoms with Crippen molar-refractivity contribution in [2.45, 2.75) is 425 Å². The average molecular weight is 1140 g/mol. The topological polar surface area (TPSA) is 78.9 Å². The fourth-order valence-electron chi connectivity index (χ4n) is 11.4. The second kappa shape index (κ2) is 70.4. The monoisotopic (exact) mass is 1140 g/mol. The number of allylic oxidation sites excluding steroid dienone is 4. The molecule has 0 N–H and O–H groups in total. The first-order valence-corrected chi connectivity index (χ1v) is 36.8. The van der Waals surface area contributed by atoms with Gasteiger partial charge in [-0.1, -0.05) is 360 Å². The van der Waals surface area contributed by atoms with Crippen LogP contribution in [0.3, 0.4) is 0 Å². The summed E-state index contributed by atoms with van der Waals surface area (Å²) in [6.07, 6.45) is 86.7. The van der Waals surface area contributed by atoms with Gasteiger partial charge in [0.05, 0.1) is 0 Å². The number of ether oxygens (including phenoxy) is 3. The Balaban J connectivity index is 4.08. The lowest BCUT2D eigenvalue weighted by Crippen LogP contribution is -2.30. The minimum absolute atomic E-state index is 0.0689. The smallest absolute Gasteiger partial charge is 0.306 e. The number of hydrogen-bond donors (Lipinski definition) is 0. The number of rotatable bonds is 69. The van der Waals surface area contributed by atoms with Crippen LogP contribution in [-0.4, -0.2) is 37.2 Å². The molecule has 0 aliphatic rings. The van der Waals surface area contributed by atoms with Crippen molar-refractivity contribution in [1.29, 1.82) is 0 Å². The maximum absolute atomic E-state index is 12.9. The molecule has 1 atom stereocenters. The van der Waals surface area contributed by atoms with E-state index in [4.69, 9.17) is 14.2 Å². The zero-order valence-corrected chi connectivity index (χ0v) is 55.1. The summed E-state index contributed by atoms with van der Waals surface area (Å²) < 4.78 is 17.0. The summed E-state index contributed by atoms with van der Waals surface area (Å²) in [5.41, 5.74) is 0. The fraction of sp³-hybridized carbons (Fsp3) is 0.907. The van der Waals surface area contributed by atoms with E-state index in [-0.39, 0.29) is 31.1 Å². The Morgan fingerprint density at radius 3 is 0.667 bits per heavy atom. The first-order valence-electron chi connectivity index (χ1n) is 36.8. The molecule has 0 aromatic heterocycles. The molecule has 0 aromatic rings. The average Bonchev–Trinajstić information content (AvgIpc) is 3.47. The molecule has 0 amide bonds. The third-order valence-corrected chi connectivity index (χ3v) is 16.9. The Morgan fingerprint density at radius 2 is 0.432 bits per heavy atom. The van der Waals surface area contributed by atoms with Crippen LogP contribution in [0.25, 0.3) is 0 Å². The molecule has 478 valence electrons. The van der Waals surface area contributed by atoms with Crippen LogP contribution in [0.4, 0.5) is 0 Å². The van der Waals surface area contributed by atoms with Gasteiger partial charge in [-0.05, 0) is 64.2 Å². The molecule has 0 spiro atoms. The fourth-order valence-corrected chi connectivity index (χ4v) is 11.4. The van der Waals surface area contributed by atoms with Crippen molar-refractivity contribution in [3.63, 3.8) is 0 Å². The van der Waals surface area contributed by atoms with Gasteiger partial charge in [-0.25, -0.2) is 0 Å². The Morgan fingerprint density at radius 1 is 0.235 bits per heavy atom. The maximum atomic E-state index is 12.9. The van der Waals surface area contributed by atoms with Crippen molar-refractivity contribution in [1.82, 2.24) is 0 Å². The van der Waals surface area contributed by atoms with Gasteiger partial charge in [0.1, 0.15) is 13.2 Å². The highest BCUT2D eigenvalue weighted by molar-refractivity contribution is 5.71. The molecule has 1 unspecified atom stereocenters. The van der Waals surface area contributed by atoms with Crippen molar-refractivity contribution in [3.05, 3.63) is 24.3 Å². The summed E-state index contributed by atoms with van der Waals surface area (Å²) in [5, 5.41) is 0. The second-order valence-electron chi connectivity index (χ2n) is 25.2. The van der Waals surface area contributed by atoms with Crippen LogP contribution >= 0.6 is 0 Å². The molecule has 0 bridgehead atoms. The molecule has 0 radical (unpaired) electrons. The van der Waals surface area contributed by atoms with Gasteiger partial charge in [0.25, 0.3) is 0 Å². The Bertz CT molecular complexity index is 1310. The van der Waals surface area contributed by atoms with Gasteiger partial charge in [0.15, 0.2) is 6.10 Å². The highest BCUT2D eigenvalue weighted by Gasteiger charge is 2.20. The van der Waals surface area contributed by atoms with Crippen molar-refractivity contribution in [2.24, 2.45) is 0 Å². The zero-order chi connectivity index (χ0) is 58.5. The third-order valence-electron chi connectivity index (χ3n) is 16.9. The van der Waals surface area contributed by atoms with Crippen LogP contribution in [0.2, 0.25) is 0 Å². The number of carbonyl (C=O) groups excluding carboxylic acids is 3. The lowest BCUT2D eigenvalue weighted by atomic mass is 10.0. The minimum atomic E-state index is -0.773. The zero-order valence-electron chi connectivity index (χ0n) is 55.1. The molecule has 0 aromatic carbocycles. The molecule has 6 heteroatoms. The number of unbranched alkanes of at least 4 members (excludes halogenated alkanes) is 54. The summed E-state index contributed by atoms with van der Waals surface area (Å²) in [6.45, 7) is 6.65. The van der Waals surface area contributed by atoms with Gasteiger partial charge < -0.3 is 14.2 Å². The van der Waals surface area contributed by atoms with Gasteiger partial charge in [-0.15, -0.1) is 0 Å². The summed E-state index contributed by atoms with van der Waals surface area (Å²) in [7, 11) is 0. The predicted molar refractivity (Wildman–Crippen MR) is 353 cm³/mol. The van der Waals surface area contributed by atoms with Crippen LogP contribution in [0.1, 0.15) is 419 Å². The first kappa shape index (κ1) is 78.9. The van der Waals surface area contributed by atoms with Gasteiger partial charge in [0, 0.05) is 19.3 Å². The van der Waals surface area contributed by atoms with E-state index in [9.17, 15) is 14.4 Å². The molecule has 0 saturated carbocycles. The molecule has 6 nitrogen and oxygen atoms in total. The first-order chi connectivity index (χ1) is 40.0. The van der Waals surface area contributed by atoms with Crippen LogP contribution in [0.15, 0.2) is 24.3 Å². The molecular weight excluding hydrogens is 997 g/mol. The van der Waals surface area contributed by atoms with Crippen molar-refractivity contribution >= 4 is 17.9 Å². The predicted octanol–water partition coefficient (Wildman–Crippen LogP) is 25.3. The van der Waals surface area contributed by atoms with E-state index in [0.29, 0.717) is 19.3 Å². The maximum Gasteiger partial charge on any atom is 0.306 e. The van der Waals surface area contributed by atoms with E-state index in [1.807, 2.05) is 0 Å². The number of esters is 3. The lowest BCUT2D eigenvalue weighted by molar-refractivity contribution is -0.167. The van der Waals surface area contributed by atoms with Crippen LogP contribution in [-0.2, 0) is 28.6 Å². The van der Waals surface area contributed by atoms with Gasteiger partial charge >= 0.3 is 17.9 Å². The van der Waals surface area contributed by atoms with Crippen molar-refractivity contribution in [2.75, 3.05) is 13.2 Å². The Hall–Kier alpha value is -2.11. The van der Waals surface area contributed by atoms with Crippen LogP contribution < -0.4 is 0 Å². The molecule has 0 saturated heterocycles. The summed E-state index contributed by atoms with van der Waals surface area (Å²) in [5.74, 6) is -0.851. The van der Waals surface area contributed by atoms with Gasteiger partial charge in [0.2, 0.25) is 0 Å². The quantitative estimate of drug-likeness (QED) is 0.0261. The molecule has 0 heterocycles. The van der Waals surface area contributed by atoms with Crippen LogP contribution in [0.5, 0.6) is 0 Å². The highest BCUT2D eigenvalue weighted by Crippen LogP contribution is 2.19. The van der Waals surface area contributed by atoms with E-state index in [0.717, 1.165) is 70.6 Å². The van der Waals surface area contributed by atoms with E-state index < -0.39 is 6.10 Å². The normalized spacial score (nSPS) is 12.1. The highest BCUT2D eigenvalue weighted by atomic mass is 16.6. The van der Waals surface area contributed by atoms with Crippen LogP contribution in [0, 0.1) is 0 Å². The Labute approximate surface area is 506 Å². The second-order valence-corrected chi connectivity index (χ2v) is 25.2. The van der Waals surface area contributed by atoms with Crippen molar-refractivity contribution in [3.8, 4) is 0 Å². The lowest BCUT2D eigenvalue weighted by Gasteiger charge is -2.18. The number of hydrogen-bond acceptors (Lipinski definition) is 6. The molecular formula is C75H142O6. The van der Waals surface area contributed by atoms with Gasteiger partial charge in [-0.2, -0.15) is 0 Å². The third kappa shape index (κ3) is 68.6. The SMILES string of the molecule is CCC/C=C\CCCCCCCC(=O)OCC(COC(=O)CCCCCCCCCCCCCCCCCCCCCCCCCCCCCCCC)OC(=O)CCCCCCCCCCCCC/C=C\CCCCCCCCCC. The number of carbonyl (C=O) groups is 3. The molecule has 81 heavy (non-hydrogen) atoms. The largest absolute Gasteiger partial charge is 0.462 e.